The molecule has 3 heteroatoms. The minimum atomic E-state index is 0.667. The molecule has 2 aromatic carbocycles. The van der Waals surface area contributed by atoms with Crippen LogP contribution in [0.2, 0.25) is 0 Å². The average Bonchev–Trinajstić information content (AvgIpc) is 2.48. The zero-order valence-corrected chi connectivity index (χ0v) is 11.7. The van der Waals surface area contributed by atoms with Crippen molar-refractivity contribution >= 4 is 23.6 Å². The van der Waals surface area contributed by atoms with Crippen molar-refractivity contribution in [2.45, 2.75) is 0 Å². The van der Waals surface area contributed by atoms with Crippen LogP contribution in [0.15, 0.2) is 66.7 Å². The van der Waals surface area contributed by atoms with Gasteiger partial charge in [0.2, 0.25) is 0 Å². The smallest absolute Gasteiger partial charge is 0.181 e. The van der Waals surface area contributed by atoms with Crippen LogP contribution in [0, 0.1) is 3.95 Å². The van der Waals surface area contributed by atoms with Gasteiger partial charge in [0, 0.05) is 10.4 Å². The summed E-state index contributed by atoms with van der Waals surface area (Å²) >= 11 is 6.84. The molecule has 0 spiro atoms. The van der Waals surface area contributed by atoms with Crippen LogP contribution in [0.1, 0.15) is 0 Å². The van der Waals surface area contributed by atoms with E-state index in [9.17, 15) is 0 Å². The molecule has 92 valence electrons. The zero-order valence-electron chi connectivity index (χ0n) is 10.1. The Bertz CT molecular complexity index is 673. The predicted octanol–water partition coefficient (Wildman–Crippen LogP) is 5.21. The maximum absolute atomic E-state index is 5.29. The number of nitrogens with zero attached hydrogens (tertiary/aromatic N) is 1. The summed E-state index contributed by atoms with van der Waals surface area (Å²) in [5.74, 6) is 0. The molecule has 0 aliphatic carbocycles. The van der Waals surface area contributed by atoms with Crippen molar-refractivity contribution in [3.05, 3.63) is 70.7 Å². The van der Waals surface area contributed by atoms with Crippen LogP contribution in [-0.4, -0.2) is 4.98 Å². The van der Waals surface area contributed by atoms with Gasteiger partial charge in [-0.05, 0) is 23.8 Å². The van der Waals surface area contributed by atoms with Gasteiger partial charge in [0.15, 0.2) is 3.95 Å². The first kappa shape index (κ1) is 12.2. The van der Waals surface area contributed by atoms with Crippen LogP contribution in [0.25, 0.3) is 21.7 Å². The van der Waals surface area contributed by atoms with Crippen molar-refractivity contribution in [1.82, 2.24) is 4.98 Å². The number of hydrogen-bond acceptors (Lipinski definition) is 3. The van der Waals surface area contributed by atoms with Gasteiger partial charge in [-0.15, -0.1) is 11.3 Å². The number of rotatable bonds is 2. The fourth-order valence-corrected chi connectivity index (χ4v) is 3.03. The Morgan fingerprint density at radius 2 is 1.37 bits per heavy atom. The van der Waals surface area contributed by atoms with Gasteiger partial charge < -0.3 is 0 Å². The van der Waals surface area contributed by atoms with E-state index in [4.69, 9.17) is 12.2 Å². The van der Waals surface area contributed by atoms with Crippen molar-refractivity contribution in [2.75, 3.05) is 0 Å². The summed E-state index contributed by atoms with van der Waals surface area (Å²) in [5.41, 5.74) is 3.21. The molecule has 1 aromatic heterocycles. The second-order valence-corrected chi connectivity index (χ2v) is 5.78. The molecule has 0 saturated heterocycles. The lowest BCUT2D eigenvalue weighted by atomic mass is 10.1. The molecule has 3 rings (SSSR count). The molecule has 19 heavy (non-hydrogen) atoms. The molecule has 0 unspecified atom stereocenters. The van der Waals surface area contributed by atoms with Crippen LogP contribution in [0.4, 0.5) is 0 Å². The minimum Gasteiger partial charge on any atom is -0.226 e. The summed E-state index contributed by atoms with van der Waals surface area (Å²) < 4.78 is 0.667. The summed E-state index contributed by atoms with van der Waals surface area (Å²) in [6.07, 6.45) is 0. The Hall–Kier alpha value is -1.84. The third-order valence-corrected chi connectivity index (χ3v) is 3.99. The Morgan fingerprint density at radius 1 is 0.789 bits per heavy atom. The SMILES string of the molecule is S=c1nc(-c2ccccc2)cc(-c2ccccc2)s1. The van der Waals surface area contributed by atoms with Gasteiger partial charge in [-0.2, -0.15) is 0 Å². The maximum Gasteiger partial charge on any atom is 0.181 e. The van der Waals surface area contributed by atoms with Gasteiger partial charge in [-0.25, -0.2) is 4.98 Å². The Kier molecular flexibility index (Phi) is 3.49. The number of benzene rings is 2. The predicted molar refractivity (Wildman–Crippen MR) is 83.8 cm³/mol. The highest BCUT2D eigenvalue weighted by Gasteiger charge is 2.04. The van der Waals surface area contributed by atoms with Crippen LogP contribution in [0.3, 0.4) is 0 Å². The van der Waals surface area contributed by atoms with Gasteiger partial charge in [-0.1, -0.05) is 60.7 Å². The van der Waals surface area contributed by atoms with E-state index in [1.165, 1.54) is 5.56 Å². The molecule has 0 bridgehead atoms. The highest BCUT2D eigenvalue weighted by Crippen LogP contribution is 2.28. The van der Waals surface area contributed by atoms with Crippen molar-refractivity contribution in [1.29, 1.82) is 0 Å². The van der Waals surface area contributed by atoms with Gasteiger partial charge in [0.25, 0.3) is 0 Å². The first-order valence-corrected chi connectivity index (χ1v) is 7.18. The largest absolute Gasteiger partial charge is 0.226 e. The van der Waals surface area contributed by atoms with Crippen molar-refractivity contribution in [2.24, 2.45) is 0 Å². The summed E-state index contributed by atoms with van der Waals surface area (Å²) in [7, 11) is 0. The zero-order chi connectivity index (χ0) is 13.1. The fourth-order valence-electron chi connectivity index (χ4n) is 1.90. The summed E-state index contributed by atoms with van der Waals surface area (Å²) in [4.78, 5) is 5.62. The summed E-state index contributed by atoms with van der Waals surface area (Å²) in [5, 5.41) is 0. The number of hydrogen-bond donors (Lipinski definition) is 0. The first-order valence-electron chi connectivity index (χ1n) is 5.96. The summed E-state index contributed by atoms with van der Waals surface area (Å²) in [6, 6.07) is 22.5. The molecule has 0 aliphatic rings. The Labute approximate surface area is 121 Å². The molecule has 1 heterocycles. The van der Waals surface area contributed by atoms with Gasteiger partial charge in [-0.3, -0.25) is 0 Å². The Morgan fingerprint density at radius 3 is 2.00 bits per heavy atom. The lowest BCUT2D eigenvalue weighted by Crippen LogP contribution is -1.84. The van der Waals surface area contributed by atoms with Crippen molar-refractivity contribution in [3.63, 3.8) is 0 Å². The molecular weight excluding hydrogens is 270 g/mol. The molecule has 1 nitrogen and oxygen atoms in total. The van der Waals surface area contributed by atoms with Crippen LogP contribution < -0.4 is 0 Å². The molecule has 0 amide bonds. The second-order valence-electron chi connectivity index (χ2n) is 4.11. The molecule has 0 fully saturated rings. The van der Waals surface area contributed by atoms with Gasteiger partial charge >= 0.3 is 0 Å². The monoisotopic (exact) mass is 281 g/mol. The van der Waals surface area contributed by atoms with E-state index < -0.39 is 0 Å². The van der Waals surface area contributed by atoms with Crippen LogP contribution in [-0.2, 0) is 0 Å². The second kappa shape index (κ2) is 5.43. The topological polar surface area (TPSA) is 12.9 Å². The Balaban J connectivity index is 2.15. The van der Waals surface area contributed by atoms with Crippen LogP contribution in [0.5, 0.6) is 0 Å². The van der Waals surface area contributed by atoms with E-state index in [1.54, 1.807) is 11.3 Å². The lowest BCUT2D eigenvalue weighted by Gasteiger charge is -2.04. The average molecular weight is 281 g/mol. The van der Waals surface area contributed by atoms with Gasteiger partial charge in [0.05, 0.1) is 5.69 Å². The van der Waals surface area contributed by atoms with E-state index >= 15 is 0 Å². The quantitative estimate of drug-likeness (QED) is 0.598. The highest BCUT2D eigenvalue weighted by atomic mass is 32.1. The minimum absolute atomic E-state index is 0.667. The molecule has 3 aromatic rings. The van der Waals surface area contributed by atoms with Crippen LogP contribution >= 0.6 is 23.6 Å². The maximum atomic E-state index is 5.29. The van der Waals surface area contributed by atoms with Crippen molar-refractivity contribution in [3.8, 4) is 21.7 Å². The lowest BCUT2D eigenvalue weighted by molar-refractivity contribution is 1.36. The molecule has 0 N–H and O–H groups in total. The highest BCUT2D eigenvalue weighted by molar-refractivity contribution is 7.73. The molecular formula is C16H11NS2. The molecule has 0 atom stereocenters. The van der Waals surface area contributed by atoms with Crippen molar-refractivity contribution < 1.29 is 0 Å². The molecule has 0 saturated carbocycles. The molecule has 0 aliphatic heterocycles. The van der Waals surface area contributed by atoms with E-state index in [0.717, 1.165) is 16.1 Å². The normalized spacial score (nSPS) is 10.3. The summed E-state index contributed by atoms with van der Waals surface area (Å²) in [6.45, 7) is 0. The molecule has 0 radical (unpaired) electrons. The fraction of sp³-hybridized carbons (Fsp3) is 0. The third-order valence-electron chi connectivity index (χ3n) is 2.80. The first-order chi connectivity index (χ1) is 9.33. The van der Waals surface area contributed by atoms with E-state index in [2.05, 4.69) is 35.3 Å². The van der Waals surface area contributed by atoms with E-state index in [1.807, 2.05) is 36.4 Å². The number of aromatic nitrogens is 1. The third kappa shape index (κ3) is 2.78. The van der Waals surface area contributed by atoms with E-state index in [-0.39, 0.29) is 0 Å². The van der Waals surface area contributed by atoms with E-state index in [0.29, 0.717) is 3.95 Å². The van der Waals surface area contributed by atoms with Gasteiger partial charge in [0.1, 0.15) is 0 Å². The standard InChI is InChI=1S/C16H11NS2/c18-16-17-14(12-7-3-1-4-8-12)11-15(19-16)13-9-5-2-6-10-13/h1-11H.